The third kappa shape index (κ3) is 4.39. The van der Waals surface area contributed by atoms with E-state index >= 15 is 0 Å². The Hall–Kier alpha value is -1.02. The zero-order valence-corrected chi connectivity index (χ0v) is 11.6. The summed E-state index contributed by atoms with van der Waals surface area (Å²) in [7, 11) is 0. The normalized spacial score (nSPS) is 14.9. The Morgan fingerprint density at radius 1 is 1.18 bits per heavy atom. The zero-order chi connectivity index (χ0) is 13.0. The summed E-state index contributed by atoms with van der Waals surface area (Å²) in [5.74, 6) is 1.08. The van der Waals surface area contributed by atoms with Crippen LogP contribution in [0.25, 0.3) is 0 Å². The Morgan fingerprint density at radius 3 is 2.35 bits per heavy atom. The van der Waals surface area contributed by atoms with Crippen molar-refractivity contribution >= 4 is 0 Å². The van der Waals surface area contributed by atoms with Gasteiger partial charge in [-0.25, -0.2) is 0 Å². The van der Waals surface area contributed by atoms with Gasteiger partial charge in [0.1, 0.15) is 5.75 Å². The molecule has 1 rings (SSSR count). The van der Waals surface area contributed by atoms with Crippen LogP contribution in [0.5, 0.6) is 5.75 Å². The van der Waals surface area contributed by atoms with Crippen LogP contribution < -0.4 is 5.32 Å². The molecule has 1 aromatic rings. The van der Waals surface area contributed by atoms with Crippen molar-refractivity contribution in [3.63, 3.8) is 0 Å². The number of hydrogen-bond acceptors (Lipinski definition) is 2. The monoisotopic (exact) mass is 235 g/mol. The van der Waals surface area contributed by atoms with Gasteiger partial charge in [0.2, 0.25) is 0 Å². The van der Waals surface area contributed by atoms with E-state index in [0.717, 1.165) is 17.5 Å². The molecular formula is C15H25NO. The van der Waals surface area contributed by atoms with E-state index in [-0.39, 0.29) is 6.04 Å². The van der Waals surface area contributed by atoms with Gasteiger partial charge in [-0.3, -0.25) is 0 Å². The van der Waals surface area contributed by atoms with Crippen molar-refractivity contribution in [2.75, 3.05) is 0 Å². The van der Waals surface area contributed by atoms with Crippen molar-refractivity contribution in [3.8, 4) is 5.75 Å². The van der Waals surface area contributed by atoms with Crippen LogP contribution in [0.2, 0.25) is 0 Å². The summed E-state index contributed by atoms with van der Waals surface area (Å²) in [4.78, 5) is 0. The van der Waals surface area contributed by atoms with Gasteiger partial charge in [-0.2, -0.15) is 0 Å². The molecule has 0 aromatic heterocycles. The lowest BCUT2D eigenvalue weighted by Gasteiger charge is -2.22. The highest BCUT2D eigenvalue weighted by atomic mass is 16.3. The largest absolute Gasteiger partial charge is 0.508 e. The van der Waals surface area contributed by atoms with E-state index in [1.807, 2.05) is 25.1 Å². The van der Waals surface area contributed by atoms with Crippen LogP contribution in [0.15, 0.2) is 18.2 Å². The Morgan fingerprint density at radius 2 is 1.82 bits per heavy atom. The molecule has 0 heterocycles. The fourth-order valence-electron chi connectivity index (χ4n) is 2.31. The first-order valence-electron chi connectivity index (χ1n) is 6.45. The van der Waals surface area contributed by atoms with Crippen LogP contribution in [0, 0.1) is 12.8 Å². The lowest BCUT2D eigenvalue weighted by molar-refractivity contribution is 0.395. The molecule has 0 fully saturated rings. The summed E-state index contributed by atoms with van der Waals surface area (Å²) < 4.78 is 0. The molecule has 2 unspecified atom stereocenters. The molecule has 0 saturated heterocycles. The first kappa shape index (κ1) is 14.0. The predicted octanol–water partition coefficient (Wildman–Crippen LogP) is 3.79. The summed E-state index contributed by atoms with van der Waals surface area (Å²) in [5.41, 5.74) is 2.07. The Labute approximate surface area is 105 Å². The van der Waals surface area contributed by atoms with Gasteiger partial charge >= 0.3 is 0 Å². The number of nitrogens with one attached hydrogen (secondary N) is 1. The summed E-state index contributed by atoms with van der Waals surface area (Å²) in [5, 5.41) is 13.4. The number of hydrogen-bond donors (Lipinski definition) is 2. The van der Waals surface area contributed by atoms with E-state index in [1.54, 1.807) is 0 Å². The van der Waals surface area contributed by atoms with Crippen molar-refractivity contribution in [1.29, 1.82) is 0 Å². The Kier molecular flexibility index (Phi) is 5.01. The van der Waals surface area contributed by atoms with Gasteiger partial charge in [-0.15, -0.1) is 0 Å². The van der Waals surface area contributed by atoms with Crippen molar-refractivity contribution in [3.05, 3.63) is 29.3 Å². The van der Waals surface area contributed by atoms with E-state index in [0.29, 0.717) is 17.7 Å². The Bertz CT molecular complexity index is 360. The zero-order valence-electron chi connectivity index (χ0n) is 11.6. The van der Waals surface area contributed by atoms with E-state index < -0.39 is 0 Å². The molecule has 2 heteroatoms. The molecule has 0 spiro atoms. The molecule has 0 aliphatic rings. The molecule has 2 atom stereocenters. The lowest BCUT2D eigenvalue weighted by Crippen LogP contribution is -2.30. The predicted molar refractivity (Wildman–Crippen MR) is 73.3 cm³/mol. The van der Waals surface area contributed by atoms with Crippen molar-refractivity contribution < 1.29 is 5.11 Å². The van der Waals surface area contributed by atoms with E-state index in [4.69, 9.17) is 0 Å². The molecule has 2 nitrogen and oxygen atoms in total. The number of aryl methyl sites for hydroxylation is 1. The van der Waals surface area contributed by atoms with Crippen molar-refractivity contribution in [2.45, 2.75) is 53.1 Å². The fraction of sp³-hybridized carbons (Fsp3) is 0.600. The number of aromatic hydroxyl groups is 1. The number of benzene rings is 1. The minimum atomic E-state index is 0.185. The van der Waals surface area contributed by atoms with Gasteiger partial charge in [0.05, 0.1) is 0 Å². The summed E-state index contributed by atoms with van der Waals surface area (Å²) in [6.45, 7) is 10.7. The van der Waals surface area contributed by atoms with Crippen LogP contribution in [0.1, 0.15) is 51.3 Å². The van der Waals surface area contributed by atoms with Gasteiger partial charge in [0, 0.05) is 17.6 Å². The van der Waals surface area contributed by atoms with E-state index in [9.17, 15) is 5.11 Å². The highest BCUT2D eigenvalue weighted by molar-refractivity contribution is 5.37. The van der Waals surface area contributed by atoms with Gasteiger partial charge < -0.3 is 10.4 Å². The van der Waals surface area contributed by atoms with Crippen LogP contribution in [-0.4, -0.2) is 11.1 Å². The average Bonchev–Trinajstić information content (AvgIpc) is 2.15. The fourth-order valence-corrected chi connectivity index (χ4v) is 2.31. The topological polar surface area (TPSA) is 32.3 Å². The van der Waals surface area contributed by atoms with E-state index in [2.05, 4.69) is 33.0 Å². The molecule has 96 valence electrons. The average molecular weight is 235 g/mol. The molecule has 0 saturated carbocycles. The maximum absolute atomic E-state index is 9.92. The first-order valence-corrected chi connectivity index (χ1v) is 6.45. The van der Waals surface area contributed by atoms with E-state index in [1.165, 1.54) is 0 Å². The van der Waals surface area contributed by atoms with Gasteiger partial charge in [0.25, 0.3) is 0 Å². The smallest absolute Gasteiger partial charge is 0.120 e. The first-order chi connectivity index (χ1) is 7.90. The molecule has 0 amide bonds. The summed E-state index contributed by atoms with van der Waals surface area (Å²) in [6.07, 6.45) is 1.15. The van der Waals surface area contributed by atoms with Gasteiger partial charge in [-0.05, 0) is 44.7 Å². The second-order valence-electron chi connectivity index (χ2n) is 5.48. The highest BCUT2D eigenvalue weighted by Crippen LogP contribution is 2.25. The van der Waals surface area contributed by atoms with Crippen molar-refractivity contribution in [1.82, 2.24) is 5.32 Å². The minimum absolute atomic E-state index is 0.185. The summed E-state index contributed by atoms with van der Waals surface area (Å²) in [6, 6.07) is 6.51. The minimum Gasteiger partial charge on any atom is -0.508 e. The standard InChI is InChI=1S/C15H25NO/c1-10(2)8-12(4)16-13(5)14-7-6-11(3)9-15(14)17/h6-7,9-10,12-13,16-17H,8H2,1-5H3. The van der Waals surface area contributed by atoms with Crippen LogP contribution in [0.4, 0.5) is 0 Å². The third-order valence-corrected chi connectivity index (χ3v) is 3.01. The number of rotatable bonds is 5. The molecule has 17 heavy (non-hydrogen) atoms. The molecule has 0 aliphatic heterocycles. The molecule has 2 N–H and O–H groups in total. The molecule has 0 radical (unpaired) electrons. The van der Waals surface area contributed by atoms with Crippen molar-refractivity contribution in [2.24, 2.45) is 5.92 Å². The van der Waals surface area contributed by atoms with Gasteiger partial charge in [0.15, 0.2) is 0 Å². The third-order valence-electron chi connectivity index (χ3n) is 3.01. The molecule has 0 bridgehead atoms. The maximum atomic E-state index is 9.92. The van der Waals surface area contributed by atoms with Crippen LogP contribution in [0.3, 0.4) is 0 Å². The number of phenolic OH excluding ortho intramolecular Hbond substituents is 1. The van der Waals surface area contributed by atoms with Crippen LogP contribution >= 0.6 is 0 Å². The quantitative estimate of drug-likeness (QED) is 0.814. The molecule has 1 aromatic carbocycles. The van der Waals surface area contributed by atoms with Gasteiger partial charge in [-0.1, -0.05) is 26.0 Å². The SMILES string of the molecule is Cc1ccc(C(C)NC(C)CC(C)C)c(O)c1. The lowest BCUT2D eigenvalue weighted by atomic mass is 10.0. The second-order valence-corrected chi connectivity index (χ2v) is 5.48. The molecule has 0 aliphatic carbocycles. The van der Waals surface area contributed by atoms with Crippen LogP contribution in [-0.2, 0) is 0 Å². The summed E-state index contributed by atoms with van der Waals surface area (Å²) >= 11 is 0. The second kappa shape index (κ2) is 6.06. The maximum Gasteiger partial charge on any atom is 0.120 e. The number of phenols is 1. The molecular weight excluding hydrogens is 210 g/mol. The highest BCUT2D eigenvalue weighted by Gasteiger charge is 2.13. The Balaban J connectivity index is 2.66.